The summed E-state index contributed by atoms with van der Waals surface area (Å²) < 4.78 is 2.00. The minimum atomic E-state index is 0.0346. The molecule has 0 spiro atoms. The van der Waals surface area contributed by atoms with E-state index in [1.54, 1.807) is 0 Å². The van der Waals surface area contributed by atoms with E-state index in [1.165, 1.54) is 0 Å². The van der Waals surface area contributed by atoms with Crippen molar-refractivity contribution >= 4 is 5.91 Å². The summed E-state index contributed by atoms with van der Waals surface area (Å²) in [6, 6.07) is 4.39. The van der Waals surface area contributed by atoms with Crippen LogP contribution in [-0.2, 0) is 0 Å². The van der Waals surface area contributed by atoms with Crippen molar-refractivity contribution in [1.82, 2.24) is 15.2 Å². The van der Waals surface area contributed by atoms with Crippen LogP contribution >= 0.6 is 0 Å². The third-order valence-electron chi connectivity index (χ3n) is 2.96. The van der Waals surface area contributed by atoms with Crippen LogP contribution in [0.2, 0.25) is 0 Å². The molecule has 4 nitrogen and oxygen atoms in total. The number of carbonyl (C=O) groups excluding carboxylic acids is 1. The molecular weight excluding hydrogens is 202 g/mol. The van der Waals surface area contributed by atoms with Crippen LogP contribution in [0, 0.1) is 0 Å². The van der Waals surface area contributed by atoms with Gasteiger partial charge in [-0.2, -0.15) is 0 Å². The maximum Gasteiger partial charge on any atom is 0.268 e. The fourth-order valence-electron chi connectivity index (χ4n) is 2.07. The topological polar surface area (TPSA) is 46.1 Å². The molecule has 1 amide bonds. The highest BCUT2D eigenvalue weighted by molar-refractivity contribution is 5.93. The summed E-state index contributed by atoms with van der Waals surface area (Å²) in [5, 5.41) is 6.29. The van der Waals surface area contributed by atoms with E-state index in [0.29, 0.717) is 6.04 Å². The first-order valence-corrected chi connectivity index (χ1v) is 5.87. The van der Waals surface area contributed by atoms with Gasteiger partial charge in [0.2, 0.25) is 0 Å². The zero-order valence-corrected chi connectivity index (χ0v) is 9.86. The number of hydrogen-bond donors (Lipinski definition) is 2. The van der Waals surface area contributed by atoms with Crippen LogP contribution in [-0.4, -0.2) is 29.6 Å². The highest BCUT2D eigenvalue weighted by Crippen LogP contribution is 2.11. The molecule has 1 fully saturated rings. The van der Waals surface area contributed by atoms with E-state index in [-0.39, 0.29) is 11.9 Å². The molecule has 1 aliphatic rings. The largest absolute Gasteiger partial charge is 0.347 e. The van der Waals surface area contributed by atoms with E-state index in [1.807, 2.05) is 22.9 Å². The summed E-state index contributed by atoms with van der Waals surface area (Å²) in [6.45, 7) is 6.03. The Morgan fingerprint density at radius 1 is 1.62 bits per heavy atom. The first-order valence-electron chi connectivity index (χ1n) is 5.87. The average molecular weight is 221 g/mol. The van der Waals surface area contributed by atoms with Crippen LogP contribution in [0.1, 0.15) is 36.8 Å². The fraction of sp³-hybridized carbons (Fsp3) is 0.583. The molecule has 1 saturated heterocycles. The van der Waals surface area contributed by atoms with Gasteiger partial charge in [-0.25, -0.2) is 0 Å². The van der Waals surface area contributed by atoms with Crippen molar-refractivity contribution < 1.29 is 4.79 Å². The van der Waals surface area contributed by atoms with E-state index < -0.39 is 0 Å². The molecule has 1 atom stereocenters. The van der Waals surface area contributed by atoms with Gasteiger partial charge in [-0.1, -0.05) is 0 Å². The summed E-state index contributed by atoms with van der Waals surface area (Å²) in [6.07, 6.45) is 2.97. The number of aromatic nitrogens is 1. The van der Waals surface area contributed by atoms with Crippen LogP contribution in [0.4, 0.5) is 0 Å². The fourth-order valence-corrected chi connectivity index (χ4v) is 2.07. The van der Waals surface area contributed by atoms with Crippen molar-refractivity contribution in [2.45, 2.75) is 32.4 Å². The summed E-state index contributed by atoms with van der Waals surface area (Å²) in [5.74, 6) is 0.0346. The van der Waals surface area contributed by atoms with Crippen LogP contribution < -0.4 is 10.6 Å². The zero-order chi connectivity index (χ0) is 11.5. The Kier molecular flexibility index (Phi) is 3.29. The van der Waals surface area contributed by atoms with Gasteiger partial charge in [-0.15, -0.1) is 0 Å². The predicted molar refractivity (Wildman–Crippen MR) is 63.6 cm³/mol. The maximum atomic E-state index is 12.0. The summed E-state index contributed by atoms with van der Waals surface area (Å²) >= 11 is 0. The predicted octanol–water partition coefficient (Wildman–Crippen LogP) is 1.16. The molecule has 88 valence electrons. The lowest BCUT2D eigenvalue weighted by Gasteiger charge is -2.15. The van der Waals surface area contributed by atoms with Gasteiger partial charge in [0.1, 0.15) is 5.69 Å². The van der Waals surface area contributed by atoms with Crippen LogP contribution in [0.25, 0.3) is 0 Å². The molecule has 2 N–H and O–H groups in total. The van der Waals surface area contributed by atoms with Crippen LogP contribution in [0.15, 0.2) is 18.3 Å². The first-order chi connectivity index (χ1) is 7.68. The lowest BCUT2D eigenvalue weighted by molar-refractivity contribution is 0.0929. The number of rotatable bonds is 3. The molecule has 16 heavy (non-hydrogen) atoms. The lowest BCUT2D eigenvalue weighted by atomic mass is 10.2. The molecule has 0 aromatic carbocycles. The second kappa shape index (κ2) is 4.70. The quantitative estimate of drug-likeness (QED) is 0.804. The molecule has 1 aromatic heterocycles. The van der Waals surface area contributed by atoms with Gasteiger partial charge in [0.05, 0.1) is 0 Å². The zero-order valence-electron chi connectivity index (χ0n) is 9.86. The minimum Gasteiger partial charge on any atom is -0.347 e. The summed E-state index contributed by atoms with van der Waals surface area (Å²) in [4.78, 5) is 12.0. The highest BCUT2D eigenvalue weighted by atomic mass is 16.2. The molecule has 1 aliphatic heterocycles. The van der Waals surface area contributed by atoms with Crippen molar-refractivity contribution in [1.29, 1.82) is 0 Å². The third-order valence-corrected chi connectivity index (χ3v) is 2.96. The number of hydrogen-bond acceptors (Lipinski definition) is 2. The van der Waals surface area contributed by atoms with Gasteiger partial charge in [0.15, 0.2) is 0 Å². The Labute approximate surface area is 96.0 Å². The molecule has 0 bridgehead atoms. The van der Waals surface area contributed by atoms with E-state index in [0.717, 1.165) is 25.2 Å². The molecule has 0 radical (unpaired) electrons. The van der Waals surface area contributed by atoms with Gasteiger partial charge >= 0.3 is 0 Å². The van der Waals surface area contributed by atoms with Crippen molar-refractivity contribution in [3.05, 3.63) is 24.0 Å². The average Bonchev–Trinajstić information content (AvgIpc) is 2.86. The Hall–Kier alpha value is -1.29. The second-order valence-corrected chi connectivity index (χ2v) is 4.56. The standard InChI is InChI=1S/C12H19N3O/c1-9(2)15-7-3-4-11(15)12(16)14-10-5-6-13-8-10/h3-4,7,9-10,13H,5-6,8H2,1-2H3,(H,14,16)/t10-/m0/s1. The SMILES string of the molecule is CC(C)n1cccc1C(=O)N[C@H]1CCNC1. The minimum absolute atomic E-state index is 0.0346. The van der Waals surface area contributed by atoms with E-state index in [9.17, 15) is 4.79 Å². The monoisotopic (exact) mass is 221 g/mol. The summed E-state index contributed by atoms with van der Waals surface area (Å²) in [5.41, 5.74) is 0.752. The van der Waals surface area contributed by atoms with Gasteiger partial charge in [0.25, 0.3) is 5.91 Å². The van der Waals surface area contributed by atoms with Gasteiger partial charge < -0.3 is 15.2 Å². The highest BCUT2D eigenvalue weighted by Gasteiger charge is 2.19. The van der Waals surface area contributed by atoms with E-state index in [2.05, 4.69) is 24.5 Å². The number of nitrogens with zero attached hydrogens (tertiary/aromatic N) is 1. The molecule has 4 heteroatoms. The first kappa shape index (κ1) is 11.2. The molecule has 0 saturated carbocycles. The Morgan fingerprint density at radius 3 is 3.06 bits per heavy atom. The van der Waals surface area contributed by atoms with E-state index >= 15 is 0 Å². The molecule has 0 unspecified atom stereocenters. The van der Waals surface area contributed by atoms with Crippen LogP contribution in [0.3, 0.4) is 0 Å². The number of carbonyl (C=O) groups is 1. The Morgan fingerprint density at radius 2 is 2.44 bits per heavy atom. The van der Waals surface area contributed by atoms with Crippen molar-refractivity contribution in [3.8, 4) is 0 Å². The van der Waals surface area contributed by atoms with E-state index in [4.69, 9.17) is 0 Å². The number of nitrogens with one attached hydrogen (secondary N) is 2. The molecule has 1 aromatic rings. The van der Waals surface area contributed by atoms with Gasteiger partial charge in [-0.05, 0) is 38.9 Å². The van der Waals surface area contributed by atoms with Gasteiger partial charge in [-0.3, -0.25) is 4.79 Å². The summed E-state index contributed by atoms with van der Waals surface area (Å²) in [7, 11) is 0. The third kappa shape index (κ3) is 2.27. The molecular formula is C12H19N3O. The second-order valence-electron chi connectivity index (χ2n) is 4.56. The molecule has 2 heterocycles. The van der Waals surface area contributed by atoms with Crippen molar-refractivity contribution in [3.63, 3.8) is 0 Å². The Balaban J connectivity index is 2.05. The molecule has 2 rings (SSSR count). The van der Waals surface area contributed by atoms with Crippen molar-refractivity contribution in [2.75, 3.05) is 13.1 Å². The lowest BCUT2D eigenvalue weighted by Crippen LogP contribution is -2.37. The Bertz CT molecular complexity index is 364. The smallest absolute Gasteiger partial charge is 0.268 e. The van der Waals surface area contributed by atoms with Crippen molar-refractivity contribution in [2.24, 2.45) is 0 Å². The normalized spacial score (nSPS) is 20.3. The van der Waals surface area contributed by atoms with Crippen LogP contribution in [0.5, 0.6) is 0 Å². The van der Waals surface area contributed by atoms with Gasteiger partial charge in [0, 0.05) is 24.8 Å². The number of amides is 1. The molecule has 0 aliphatic carbocycles. The maximum absolute atomic E-state index is 12.0.